The molecule has 2 atom stereocenters. The van der Waals surface area contributed by atoms with Crippen molar-refractivity contribution in [3.8, 4) is 28.6 Å². The first-order chi connectivity index (χ1) is 19.5. The van der Waals surface area contributed by atoms with Gasteiger partial charge < -0.3 is 24.1 Å². The highest BCUT2D eigenvalue weighted by atomic mass is 35.5. The molecule has 0 unspecified atom stereocenters. The Bertz CT molecular complexity index is 1640. The van der Waals surface area contributed by atoms with Crippen LogP contribution >= 0.6 is 23.8 Å². The molecule has 1 aliphatic rings. The highest BCUT2D eigenvalue weighted by Gasteiger charge is 2.42. The number of hydrogen-bond acceptors (Lipinski definition) is 5. The third kappa shape index (κ3) is 5.01. The lowest BCUT2D eigenvalue weighted by Gasteiger charge is -2.26. The van der Waals surface area contributed by atoms with E-state index in [1.54, 1.807) is 13.3 Å². The van der Waals surface area contributed by atoms with Gasteiger partial charge in [-0.2, -0.15) is 0 Å². The molecule has 1 fully saturated rings. The molecule has 200 valence electrons. The number of anilines is 1. The van der Waals surface area contributed by atoms with E-state index in [1.165, 1.54) is 0 Å². The number of thiocarbonyl (C=S) groups is 1. The maximum absolute atomic E-state index is 6.50. The first-order valence-electron chi connectivity index (χ1n) is 12.8. The van der Waals surface area contributed by atoms with Crippen LogP contribution in [0.25, 0.3) is 11.3 Å². The van der Waals surface area contributed by atoms with Gasteiger partial charge in [0.15, 0.2) is 5.11 Å². The van der Waals surface area contributed by atoms with E-state index in [2.05, 4.69) is 15.2 Å². The third-order valence-corrected chi connectivity index (χ3v) is 7.68. The molecular weight excluding hydrogens is 542 g/mol. The topological polar surface area (TPSA) is 59.8 Å². The number of aromatic nitrogens is 1. The monoisotopic (exact) mass is 567 g/mol. The van der Waals surface area contributed by atoms with Crippen molar-refractivity contribution in [2.45, 2.75) is 19.0 Å². The number of ether oxygens (including phenoxy) is 2. The largest absolute Gasteiger partial charge is 0.497 e. The van der Waals surface area contributed by atoms with E-state index in [4.69, 9.17) is 37.7 Å². The second-order valence-electron chi connectivity index (χ2n) is 9.38. The van der Waals surface area contributed by atoms with Crippen LogP contribution in [-0.2, 0) is 0 Å². The number of rotatable bonds is 7. The van der Waals surface area contributed by atoms with Gasteiger partial charge in [-0.05, 0) is 104 Å². The average Bonchev–Trinajstić information content (AvgIpc) is 3.60. The van der Waals surface area contributed by atoms with Crippen molar-refractivity contribution in [1.29, 1.82) is 0 Å². The van der Waals surface area contributed by atoms with Crippen LogP contribution in [0.4, 0.5) is 5.69 Å². The minimum atomic E-state index is -0.274. The van der Waals surface area contributed by atoms with Gasteiger partial charge in [-0.1, -0.05) is 29.8 Å². The first-order valence-corrected chi connectivity index (χ1v) is 13.6. The van der Waals surface area contributed by atoms with E-state index < -0.39 is 0 Å². The fourth-order valence-electron chi connectivity index (χ4n) is 4.91. The van der Waals surface area contributed by atoms with Gasteiger partial charge in [0.2, 0.25) is 0 Å². The molecule has 1 saturated heterocycles. The Morgan fingerprint density at radius 2 is 1.60 bits per heavy atom. The molecule has 0 amide bonds. The van der Waals surface area contributed by atoms with Crippen LogP contribution in [0.5, 0.6) is 17.2 Å². The lowest BCUT2D eigenvalue weighted by molar-refractivity contribution is 0.413. The summed E-state index contributed by atoms with van der Waals surface area (Å²) < 4.78 is 17.8. The molecule has 1 aliphatic heterocycles. The number of methoxy groups -OCH3 is 1. The van der Waals surface area contributed by atoms with Crippen molar-refractivity contribution >= 4 is 34.6 Å². The van der Waals surface area contributed by atoms with E-state index in [-0.39, 0.29) is 12.1 Å². The molecule has 3 heterocycles. The number of furan rings is 1. The molecule has 0 bridgehead atoms. The molecule has 40 heavy (non-hydrogen) atoms. The standard InChI is InChI=1S/C32H26ClN3O3S/c1-20-25(6-5-7-26(20)33)28-17-18-29(39-28)31-30(27-8-3-4-19-34-27)35-32(40)36(31)21-9-11-23(12-10-21)38-24-15-13-22(37-2)14-16-24/h3-19,30-31H,1-2H3,(H,35,40)/t30-,31+/m0/s1. The molecular formula is C32H26ClN3O3S. The summed E-state index contributed by atoms with van der Waals surface area (Å²) in [5, 5.41) is 4.76. The zero-order valence-electron chi connectivity index (χ0n) is 21.9. The van der Waals surface area contributed by atoms with E-state index in [1.807, 2.05) is 104 Å². The Labute approximate surface area is 243 Å². The summed E-state index contributed by atoms with van der Waals surface area (Å²) >= 11 is 12.3. The summed E-state index contributed by atoms with van der Waals surface area (Å²) in [6.45, 7) is 1.99. The van der Waals surface area contributed by atoms with Gasteiger partial charge in [0, 0.05) is 22.5 Å². The Morgan fingerprint density at radius 1 is 0.875 bits per heavy atom. The summed E-state index contributed by atoms with van der Waals surface area (Å²) in [5.41, 5.74) is 3.69. The molecule has 0 aliphatic carbocycles. The van der Waals surface area contributed by atoms with E-state index in [0.717, 1.165) is 45.5 Å². The van der Waals surface area contributed by atoms with Crippen molar-refractivity contribution in [2.75, 3.05) is 12.0 Å². The molecule has 3 aromatic carbocycles. The lowest BCUT2D eigenvalue weighted by Crippen LogP contribution is -2.29. The number of nitrogens with zero attached hydrogens (tertiary/aromatic N) is 2. The van der Waals surface area contributed by atoms with Gasteiger partial charge in [0.1, 0.15) is 34.8 Å². The van der Waals surface area contributed by atoms with Gasteiger partial charge in [0.05, 0.1) is 18.8 Å². The molecule has 1 N–H and O–H groups in total. The predicted molar refractivity (Wildman–Crippen MR) is 161 cm³/mol. The van der Waals surface area contributed by atoms with Crippen molar-refractivity contribution in [3.63, 3.8) is 0 Å². The predicted octanol–water partition coefficient (Wildman–Crippen LogP) is 8.28. The number of halogens is 1. The maximum Gasteiger partial charge on any atom is 0.174 e. The first kappa shape index (κ1) is 25.9. The Balaban J connectivity index is 1.34. The van der Waals surface area contributed by atoms with Crippen molar-refractivity contribution in [3.05, 3.63) is 125 Å². The average molecular weight is 568 g/mol. The van der Waals surface area contributed by atoms with Crippen molar-refractivity contribution < 1.29 is 13.9 Å². The van der Waals surface area contributed by atoms with Gasteiger partial charge in [0.25, 0.3) is 0 Å². The highest BCUT2D eigenvalue weighted by Crippen LogP contribution is 2.43. The lowest BCUT2D eigenvalue weighted by atomic mass is 10.0. The van der Waals surface area contributed by atoms with Crippen LogP contribution in [-0.4, -0.2) is 17.2 Å². The Morgan fingerprint density at radius 3 is 2.30 bits per heavy atom. The zero-order chi connectivity index (χ0) is 27.6. The molecule has 6 rings (SSSR count). The molecule has 5 aromatic rings. The number of pyridine rings is 1. The summed E-state index contributed by atoms with van der Waals surface area (Å²) in [7, 11) is 1.64. The minimum absolute atomic E-state index is 0.219. The Kier molecular flexibility index (Phi) is 7.15. The van der Waals surface area contributed by atoms with E-state index >= 15 is 0 Å². The minimum Gasteiger partial charge on any atom is -0.497 e. The van der Waals surface area contributed by atoms with Crippen molar-refractivity contribution in [1.82, 2.24) is 10.3 Å². The fraction of sp³-hybridized carbons (Fsp3) is 0.125. The molecule has 0 radical (unpaired) electrons. The molecule has 6 nitrogen and oxygen atoms in total. The molecule has 8 heteroatoms. The molecule has 0 saturated carbocycles. The summed E-state index contributed by atoms with van der Waals surface area (Å²) in [5.74, 6) is 3.71. The van der Waals surface area contributed by atoms with E-state index in [9.17, 15) is 0 Å². The second kappa shape index (κ2) is 11.0. The van der Waals surface area contributed by atoms with Gasteiger partial charge in [-0.25, -0.2) is 0 Å². The number of benzene rings is 3. The molecule has 0 spiro atoms. The molecule has 2 aromatic heterocycles. The third-order valence-electron chi connectivity index (χ3n) is 6.96. The maximum atomic E-state index is 6.50. The van der Waals surface area contributed by atoms with Crippen LogP contribution in [0.1, 0.15) is 29.1 Å². The van der Waals surface area contributed by atoms with Gasteiger partial charge >= 0.3 is 0 Å². The van der Waals surface area contributed by atoms with Crippen LogP contribution in [0.2, 0.25) is 5.02 Å². The summed E-state index contributed by atoms with van der Waals surface area (Å²) in [6, 6.07) is 30.5. The zero-order valence-corrected chi connectivity index (χ0v) is 23.4. The number of hydrogen-bond donors (Lipinski definition) is 1. The smallest absolute Gasteiger partial charge is 0.174 e. The van der Waals surface area contributed by atoms with Gasteiger partial charge in [-0.3, -0.25) is 4.98 Å². The number of nitrogens with one attached hydrogen (secondary N) is 1. The Hall–Kier alpha value is -4.33. The normalized spacial score (nSPS) is 16.6. The van der Waals surface area contributed by atoms with Crippen molar-refractivity contribution in [2.24, 2.45) is 0 Å². The summed E-state index contributed by atoms with van der Waals surface area (Å²) in [4.78, 5) is 6.69. The van der Waals surface area contributed by atoms with Gasteiger partial charge in [-0.15, -0.1) is 0 Å². The van der Waals surface area contributed by atoms with Crippen LogP contribution in [0, 0.1) is 6.92 Å². The fourth-order valence-corrected chi connectivity index (χ4v) is 5.43. The SMILES string of the molecule is COc1ccc(Oc2ccc(N3C(=S)N[C@@H](c4ccccn4)[C@H]3c3ccc(-c4cccc(Cl)c4C)o3)cc2)cc1. The van der Waals surface area contributed by atoms with Crippen LogP contribution < -0.4 is 19.7 Å². The second-order valence-corrected chi connectivity index (χ2v) is 10.2. The summed E-state index contributed by atoms with van der Waals surface area (Å²) in [6.07, 6.45) is 1.79. The van der Waals surface area contributed by atoms with Crippen LogP contribution in [0.3, 0.4) is 0 Å². The highest BCUT2D eigenvalue weighted by molar-refractivity contribution is 7.80. The van der Waals surface area contributed by atoms with E-state index in [0.29, 0.717) is 15.9 Å². The quantitative estimate of drug-likeness (QED) is 0.198. The van der Waals surface area contributed by atoms with Crippen LogP contribution in [0.15, 0.2) is 108 Å².